The van der Waals surface area contributed by atoms with E-state index in [0.717, 1.165) is 22.4 Å². The van der Waals surface area contributed by atoms with E-state index in [4.69, 9.17) is 10.2 Å². The van der Waals surface area contributed by atoms with Crippen LogP contribution in [0.4, 0.5) is 0 Å². The molecule has 0 aliphatic carbocycles. The van der Waals surface area contributed by atoms with Crippen LogP contribution in [-0.2, 0) is 6.42 Å². The predicted octanol–water partition coefficient (Wildman–Crippen LogP) is 2.24. The van der Waals surface area contributed by atoms with Crippen molar-refractivity contribution in [2.45, 2.75) is 26.3 Å². The van der Waals surface area contributed by atoms with Crippen molar-refractivity contribution in [2.24, 2.45) is 5.73 Å². The predicted molar refractivity (Wildman–Crippen MR) is 48.5 cm³/mol. The Kier molecular flexibility index (Phi) is 2.73. The SMILES string of the molecule is Cc1cc(Br)oc1C[C@H](C)N. The molecule has 1 aromatic rings. The van der Waals surface area contributed by atoms with Gasteiger partial charge < -0.3 is 10.2 Å². The molecule has 0 radical (unpaired) electrons. The largest absolute Gasteiger partial charge is 0.454 e. The number of nitrogens with two attached hydrogens (primary N) is 1. The average Bonchev–Trinajstić information content (AvgIpc) is 2.09. The topological polar surface area (TPSA) is 39.2 Å². The van der Waals surface area contributed by atoms with Gasteiger partial charge >= 0.3 is 0 Å². The van der Waals surface area contributed by atoms with Crippen LogP contribution in [0.2, 0.25) is 0 Å². The number of hydrogen-bond donors (Lipinski definition) is 1. The third-order valence-electron chi connectivity index (χ3n) is 1.50. The van der Waals surface area contributed by atoms with Crippen LogP contribution in [0.3, 0.4) is 0 Å². The van der Waals surface area contributed by atoms with Gasteiger partial charge in [0.1, 0.15) is 5.76 Å². The molecule has 0 spiro atoms. The summed E-state index contributed by atoms with van der Waals surface area (Å²) >= 11 is 3.27. The highest BCUT2D eigenvalue weighted by atomic mass is 79.9. The van der Waals surface area contributed by atoms with Gasteiger partial charge in [0, 0.05) is 12.5 Å². The molecule has 2 nitrogen and oxygen atoms in total. The molecule has 2 N–H and O–H groups in total. The van der Waals surface area contributed by atoms with Crippen molar-refractivity contribution >= 4 is 15.9 Å². The summed E-state index contributed by atoms with van der Waals surface area (Å²) in [5.74, 6) is 0.979. The van der Waals surface area contributed by atoms with Crippen LogP contribution in [0.5, 0.6) is 0 Å². The normalized spacial score (nSPS) is 13.5. The Labute approximate surface area is 74.9 Å². The van der Waals surface area contributed by atoms with Crippen LogP contribution in [0.25, 0.3) is 0 Å². The lowest BCUT2D eigenvalue weighted by Gasteiger charge is -2.01. The monoisotopic (exact) mass is 217 g/mol. The zero-order valence-electron chi connectivity index (χ0n) is 6.73. The van der Waals surface area contributed by atoms with Gasteiger partial charge in [-0.05, 0) is 41.4 Å². The van der Waals surface area contributed by atoms with Crippen molar-refractivity contribution in [3.8, 4) is 0 Å². The molecule has 0 saturated heterocycles. The van der Waals surface area contributed by atoms with Gasteiger partial charge in [-0.25, -0.2) is 0 Å². The minimum atomic E-state index is 0.159. The molecule has 0 unspecified atom stereocenters. The molecule has 1 rings (SSSR count). The zero-order chi connectivity index (χ0) is 8.43. The molecule has 0 aliphatic rings. The van der Waals surface area contributed by atoms with Gasteiger partial charge in [-0.3, -0.25) is 0 Å². The summed E-state index contributed by atoms with van der Waals surface area (Å²) < 4.78 is 6.14. The van der Waals surface area contributed by atoms with Crippen molar-refractivity contribution < 1.29 is 4.42 Å². The maximum Gasteiger partial charge on any atom is 0.169 e. The van der Waals surface area contributed by atoms with Gasteiger partial charge in [-0.15, -0.1) is 0 Å². The summed E-state index contributed by atoms with van der Waals surface area (Å²) in [5.41, 5.74) is 6.79. The molecule has 62 valence electrons. The number of hydrogen-bond acceptors (Lipinski definition) is 2. The standard InChI is InChI=1S/C8H12BrNO/c1-5-3-8(9)11-7(5)4-6(2)10/h3,6H,4,10H2,1-2H3/t6-/m0/s1. The van der Waals surface area contributed by atoms with Crippen LogP contribution in [-0.4, -0.2) is 6.04 Å². The van der Waals surface area contributed by atoms with Crippen molar-refractivity contribution in [1.29, 1.82) is 0 Å². The summed E-state index contributed by atoms with van der Waals surface area (Å²) in [4.78, 5) is 0. The third kappa shape index (κ3) is 2.34. The third-order valence-corrected chi connectivity index (χ3v) is 1.89. The van der Waals surface area contributed by atoms with E-state index in [0.29, 0.717) is 0 Å². The first-order chi connectivity index (χ1) is 5.09. The first-order valence-electron chi connectivity index (χ1n) is 3.60. The van der Waals surface area contributed by atoms with Crippen LogP contribution in [0.15, 0.2) is 15.2 Å². The Hall–Kier alpha value is -0.280. The van der Waals surface area contributed by atoms with E-state index < -0.39 is 0 Å². The molecule has 0 saturated carbocycles. The summed E-state index contributed by atoms with van der Waals surface area (Å²) in [7, 11) is 0. The van der Waals surface area contributed by atoms with Crippen LogP contribution < -0.4 is 5.73 Å². The fraction of sp³-hybridized carbons (Fsp3) is 0.500. The van der Waals surface area contributed by atoms with Gasteiger partial charge in [-0.2, -0.15) is 0 Å². The van der Waals surface area contributed by atoms with Crippen LogP contribution in [0.1, 0.15) is 18.2 Å². The van der Waals surface area contributed by atoms with Crippen molar-refractivity contribution in [3.05, 3.63) is 22.1 Å². The molecular weight excluding hydrogens is 206 g/mol. The fourth-order valence-corrected chi connectivity index (χ4v) is 1.51. The second kappa shape index (κ2) is 3.41. The lowest BCUT2D eigenvalue weighted by molar-refractivity contribution is 0.471. The quantitative estimate of drug-likeness (QED) is 0.826. The number of aryl methyl sites for hydroxylation is 1. The van der Waals surface area contributed by atoms with E-state index in [-0.39, 0.29) is 6.04 Å². The number of halogens is 1. The highest BCUT2D eigenvalue weighted by molar-refractivity contribution is 9.10. The molecule has 1 atom stereocenters. The number of rotatable bonds is 2. The highest BCUT2D eigenvalue weighted by Gasteiger charge is 2.06. The van der Waals surface area contributed by atoms with Crippen LogP contribution >= 0.6 is 15.9 Å². The average molecular weight is 218 g/mol. The molecule has 1 heterocycles. The lowest BCUT2D eigenvalue weighted by atomic mass is 10.1. The van der Waals surface area contributed by atoms with E-state index in [1.165, 1.54) is 0 Å². The summed E-state index contributed by atoms with van der Waals surface area (Å²) in [6.45, 7) is 3.99. The Bertz CT molecular complexity index is 242. The van der Waals surface area contributed by atoms with Crippen molar-refractivity contribution in [1.82, 2.24) is 0 Å². The number of furan rings is 1. The Morgan fingerprint density at radius 3 is 2.73 bits per heavy atom. The van der Waals surface area contributed by atoms with E-state index in [1.54, 1.807) is 0 Å². The van der Waals surface area contributed by atoms with Crippen molar-refractivity contribution in [2.75, 3.05) is 0 Å². The molecule has 1 aromatic heterocycles. The molecule has 0 bridgehead atoms. The Balaban J connectivity index is 2.77. The summed E-state index contributed by atoms with van der Waals surface area (Å²) in [6, 6.07) is 2.12. The molecule has 3 heteroatoms. The van der Waals surface area contributed by atoms with E-state index in [9.17, 15) is 0 Å². The van der Waals surface area contributed by atoms with E-state index in [1.807, 2.05) is 19.9 Å². The maximum atomic E-state index is 5.63. The molecule has 0 aromatic carbocycles. The first-order valence-corrected chi connectivity index (χ1v) is 4.39. The summed E-state index contributed by atoms with van der Waals surface area (Å²) in [6.07, 6.45) is 0.803. The van der Waals surface area contributed by atoms with Crippen molar-refractivity contribution in [3.63, 3.8) is 0 Å². The van der Waals surface area contributed by atoms with Gasteiger partial charge in [-0.1, -0.05) is 0 Å². The first kappa shape index (κ1) is 8.81. The smallest absolute Gasteiger partial charge is 0.169 e. The minimum Gasteiger partial charge on any atom is -0.454 e. The second-order valence-corrected chi connectivity index (χ2v) is 3.62. The van der Waals surface area contributed by atoms with E-state index in [2.05, 4.69) is 15.9 Å². The zero-order valence-corrected chi connectivity index (χ0v) is 8.31. The molecule has 0 aliphatic heterocycles. The van der Waals surface area contributed by atoms with Crippen LogP contribution in [0, 0.1) is 6.92 Å². The molecule has 11 heavy (non-hydrogen) atoms. The molecule has 0 amide bonds. The van der Waals surface area contributed by atoms with Gasteiger partial charge in [0.05, 0.1) is 0 Å². The van der Waals surface area contributed by atoms with Gasteiger partial charge in [0.25, 0.3) is 0 Å². The fourth-order valence-electron chi connectivity index (χ4n) is 0.973. The van der Waals surface area contributed by atoms with E-state index >= 15 is 0 Å². The minimum absolute atomic E-state index is 0.159. The lowest BCUT2D eigenvalue weighted by Crippen LogP contribution is -2.17. The molecule has 0 fully saturated rings. The van der Waals surface area contributed by atoms with Gasteiger partial charge in [0.2, 0.25) is 0 Å². The second-order valence-electron chi connectivity index (χ2n) is 2.84. The summed E-state index contributed by atoms with van der Waals surface area (Å²) in [5, 5.41) is 0. The Morgan fingerprint density at radius 1 is 1.73 bits per heavy atom. The van der Waals surface area contributed by atoms with Gasteiger partial charge in [0.15, 0.2) is 4.67 Å². The molecular formula is C8H12BrNO. The Morgan fingerprint density at radius 2 is 2.36 bits per heavy atom. The highest BCUT2D eigenvalue weighted by Crippen LogP contribution is 2.20. The maximum absolute atomic E-state index is 5.63.